The zero-order valence-corrected chi connectivity index (χ0v) is 12.7. The van der Waals surface area contributed by atoms with E-state index in [9.17, 15) is 9.59 Å². The summed E-state index contributed by atoms with van der Waals surface area (Å²) in [4.78, 5) is 25.1. The third-order valence-corrected chi connectivity index (χ3v) is 3.21. The van der Waals surface area contributed by atoms with Crippen LogP contribution in [-0.4, -0.2) is 36.9 Å². The molecule has 1 rings (SSSR count). The smallest absolute Gasteiger partial charge is 0.255 e. The molecule has 0 spiro atoms. The standard InChI is InChI=1S/C13H18BrN3O2/c1-3-6-16-12(18)8-17(2)13(19)10-7-9(15)4-5-11(10)14/h4-5,7H,3,6,8,15H2,1-2H3,(H,16,18). The van der Waals surface area contributed by atoms with Crippen molar-refractivity contribution in [2.75, 3.05) is 25.9 Å². The van der Waals surface area contributed by atoms with E-state index in [0.717, 1.165) is 6.42 Å². The van der Waals surface area contributed by atoms with Gasteiger partial charge in [-0.15, -0.1) is 0 Å². The maximum atomic E-state index is 12.2. The second-order valence-electron chi connectivity index (χ2n) is 4.25. The third kappa shape index (κ3) is 4.55. The number of nitrogens with one attached hydrogen (secondary N) is 1. The Kier molecular flexibility index (Phi) is 5.82. The first-order valence-electron chi connectivity index (χ1n) is 6.03. The topological polar surface area (TPSA) is 75.4 Å². The lowest BCUT2D eigenvalue weighted by molar-refractivity contribution is -0.121. The van der Waals surface area contributed by atoms with E-state index in [1.807, 2.05) is 6.92 Å². The van der Waals surface area contributed by atoms with Gasteiger partial charge >= 0.3 is 0 Å². The molecular weight excluding hydrogens is 310 g/mol. The molecule has 0 aliphatic heterocycles. The van der Waals surface area contributed by atoms with Gasteiger partial charge in [0, 0.05) is 23.8 Å². The summed E-state index contributed by atoms with van der Waals surface area (Å²) in [5.74, 6) is -0.413. The Morgan fingerprint density at radius 1 is 1.42 bits per heavy atom. The number of benzene rings is 1. The molecule has 3 N–H and O–H groups in total. The van der Waals surface area contributed by atoms with Gasteiger partial charge in [-0.1, -0.05) is 6.92 Å². The van der Waals surface area contributed by atoms with Gasteiger partial charge in [0.1, 0.15) is 0 Å². The van der Waals surface area contributed by atoms with Gasteiger partial charge < -0.3 is 16.0 Å². The summed E-state index contributed by atoms with van der Waals surface area (Å²) >= 11 is 3.30. The first kappa shape index (κ1) is 15.5. The number of carbonyl (C=O) groups excluding carboxylic acids is 2. The van der Waals surface area contributed by atoms with E-state index < -0.39 is 0 Å². The molecule has 0 aliphatic carbocycles. The quantitative estimate of drug-likeness (QED) is 0.807. The Morgan fingerprint density at radius 3 is 2.74 bits per heavy atom. The molecule has 0 fully saturated rings. The molecule has 0 heterocycles. The van der Waals surface area contributed by atoms with E-state index in [1.165, 1.54) is 4.90 Å². The normalized spacial score (nSPS) is 10.1. The number of hydrogen-bond donors (Lipinski definition) is 2. The SMILES string of the molecule is CCCNC(=O)CN(C)C(=O)c1cc(N)ccc1Br. The van der Waals surface area contributed by atoms with Gasteiger partial charge in [0.15, 0.2) is 0 Å². The fourth-order valence-electron chi connectivity index (χ4n) is 1.52. The van der Waals surface area contributed by atoms with Crippen molar-refractivity contribution in [2.45, 2.75) is 13.3 Å². The van der Waals surface area contributed by atoms with Crippen LogP contribution in [0, 0.1) is 0 Å². The van der Waals surface area contributed by atoms with Crippen LogP contribution in [0.5, 0.6) is 0 Å². The van der Waals surface area contributed by atoms with Crippen molar-refractivity contribution < 1.29 is 9.59 Å². The number of likely N-dealkylation sites (N-methyl/N-ethyl adjacent to an activating group) is 1. The van der Waals surface area contributed by atoms with Crippen molar-refractivity contribution in [2.24, 2.45) is 0 Å². The van der Waals surface area contributed by atoms with Crippen LogP contribution in [0.3, 0.4) is 0 Å². The number of rotatable bonds is 5. The predicted molar refractivity (Wildman–Crippen MR) is 78.8 cm³/mol. The summed E-state index contributed by atoms with van der Waals surface area (Å²) in [6.45, 7) is 2.61. The largest absolute Gasteiger partial charge is 0.399 e. The van der Waals surface area contributed by atoms with Crippen molar-refractivity contribution in [3.63, 3.8) is 0 Å². The molecule has 0 aromatic heterocycles. The molecule has 6 heteroatoms. The molecule has 5 nitrogen and oxygen atoms in total. The van der Waals surface area contributed by atoms with Crippen LogP contribution in [0.15, 0.2) is 22.7 Å². The van der Waals surface area contributed by atoms with Crippen LogP contribution in [0.4, 0.5) is 5.69 Å². The number of nitrogens with two attached hydrogens (primary N) is 1. The van der Waals surface area contributed by atoms with E-state index in [4.69, 9.17) is 5.73 Å². The molecule has 0 atom stereocenters. The molecule has 2 amide bonds. The van der Waals surface area contributed by atoms with Gasteiger partial charge in [0.2, 0.25) is 5.91 Å². The molecule has 104 valence electrons. The number of halogens is 1. The highest BCUT2D eigenvalue weighted by Gasteiger charge is 2.17. The van der Waals surface area contributed by atoms with Crippen molar-refractivity contribution in [3.8, 4) is 0 Å². The summed E-state index contributed by atoms with van der Waals surface area (Å²) in [5, 5.41) is 2.73. The van der Waals surface area contributed by atoms with Gasteiger partial charge in [-0.2, -0.15) is 0 Å². The average Bonchev–Trinajstić information content (AvgIpc) is 2.38. The predicted octanol–water partition coefficient (Wildman–Crippen LogP) is 1.63. The molecule has 0 saturated carbocycles. The monoisotopic (exact) mass is 327 g/mol. The highest BCUT2D eigenvalue weighted by Crippen LogP contribution is 2.20. The Labute approximate surface area is 121 Å². The van der Waals surface area contributed by atoms with Crippen LogP contribution >= 0.6 is 15.9 Å². The minimum absolute atomic E-state index is 0.0278. The summed E-state index contributed by atoms with van der Waals surface area (Å²) in [5.41, 5.74) is 6.62. The molecule has 0 bridgehead atoms. The summed E-state index contributed by atoms with van der Waals surface area (Å²) < 4.78 is 0.660. The lowest BCUT2D eigenvalue weighted by Crippen LogP contribution is -2.38. The highest BCUT2D eigenvalue weighted by atomic mass is 79.9. The number of amides is 2. The third-order valence-electron chi connectivity index (χ3n) is 2.52. The Balaban J connectivity index is 2.71. The Hall–Kier alpha value is -1.56. The van der Waals surface area contributed by atoms with Crippen LogP contribution < -0.4 is 11.1 Å². The van der Waals surface area contributed by atoms with Gasteiger partial charge in [-0.25, -0.2) is 0 Å². The molecular formula is C13H18BrN3O2. The first-order valence-corrected chi connectivity index (χ1v) is 6.82. The summed E-state index contributed by atoms with van der Waals surface area (Å²) in [6, 6.07) is 5.01. The summed E-state index contributed by atoms with van der Waals surface area (Å²) in [6.07, 6.45) is 0.865. The molecule has 1 aromatic carbocycles. The second kappa shape index (κ2) is 7.13. The fourth-order valence-corrected chi connectivity index (χ4v) is 1.94. The van der Waals surface area contributed by atoms with E-state index in [1.54, 1.807) is 25.2 Å². The van der Waals surface area contributed by atoms with Gasteiger partial charge in [-0.05, 0) is 40.5 Å². The van der Waals surface area contributed by atoms with Crippen molar-refractivity contribution in [1.29, 1.82) is 0 Å². The van der Waals surface area contributed by atoms with Crippen molar-refractivity contribution >= 4 is 33.4 Å². The van der Waals surface area contributed by atoms with E-state index in [-0.39, 0.29) is 18.4 Å². The number of anilines is 1. The second-order valence-corrected chi connectivity index (χ2v) is 5.10. The molecule has 1 aromatic rings. The highest BCUT2D eigenvalue weighted by molar-refractivity contribution is 9.10. The minimum atomic E-state index is -0.245. The number of carbonyl (C=O) groups is 2. The van der Waals surface area contributed by atoms with Gasteiger partial charge in [0.05, 0.1) is 12.1 Å². The summed E-state index contributed by atoms with van der Waals surface area (Å²) in [7, 11) is 1.59. The number of nitrogens with zero attached hydrogens (tertiary/aromatic N) is 1. The van der Waals surface area contributed by atoms with Gasteiger partial charge in [-0.3, -0.25) is 9.59 Å². The molecule has 0 radical (unpaired) electrons. The van der Waals surface area contributed by atoms with E-state index in [0.29, 0.717) is 22.3 Å². The first-order chi connectivity index (χ1) is 8.95. The van der Waals surface area contributed by atoms with Crippen molar-refractivity contribution in [1.82, 2.24) is 10.2 Å². The van der Waals surface area contributed by atoms with Crippen LogP contribution in [0.2, 0.25) is 0 Å². The maximum Gasteiger partial charge on any atom is 0.255 e. The van der Waals surface area contributed by atoms with E-state index in [2.05, 4.69) is 21.2 Å². The minimum Gasteiger partial charge on any atom is -0.399 e. The van der Waals surface area contributed by atoms with Crippen LogP contribution in [0.1, 0.15) is 23.7 Å². The number of hydrogen-bond acceptors (Lipinski definition) is 3. The van der Waals surface area contributed by atoms with E-state index >= 15 is 0 Å². The molecule has 0 unspecified atom stereocenters. The van der Waals surface area contributed by atoms with Crippen molar-refractivity contribution in [3.05, 3.63) is 28.2 Å². The van der Waals surface area contributed by atoms with Crippen LogP contribution in [-0.2, 0) is 4.79 Å². The van der Waals surface area contributed by atoms with Crippen LogP contribution in [0.25, 0.3) is 0 Å². The zero-order chi connectivity index (χ0) is 14.4. The lowest BCUT2D eigenvalue weighted by Gasteiger charge is -2.17. The molecule has 19 heavy (non-hydrogen) atoms. The fraction of sp³-hybridized carbons (Fsp3) is 0.385. The maximum absolute atomic E-state index is 12.2. The average molecular weight is 328 g/mol. The van der Waals surface area contributed by atoms with Gasteiger partial charge in [0.25, 0.3) is 5.91 Å². The Bertz CT molecular complexity index is 477. The lowest BCUT2D eigenvalue weighted by atomic mass is 10.2. The molecule has 0 aliphatic rings. The molecule has 0 saturated heterocycles. The zero-order valence-electron chi connectivity index (χ0n) is 11.1. The number of nitrogen functional groups attached to an aromatic ring is 1. The Morgan fingerprint density at radius 2 is 2.11 bits per heavy atom.